The van der Waals surface area contributed by atoms with Gasteiger partial charge >= 0.3 is 5.97 Å². The molecule has 11 heavy (non-hydrogen) atoms. The first-order valence-electron chi connectivity index (χ1n) is 3.53. The molecule has 0 bridgehead atoms. The number of hydrogen-bond acceptors (Lipinski definition) is 1. The molecule has 2 nitrogen and oxygen atoms in total. The van der Waals surface area contributed by atoms with E-state index in [1.54, 1.807) is 0 Å². The van der Waals surface area contributed by atoms with Crippen LogP contribution >= 0.6 is 7.14 Å². The molecule has 4 heteroatoms. The van der Waals surface area contributed by atoms with Gasteiger partial charge in [-0.1, -0.05) is 0 Å². The molecule has 0 heterocycles. The lowest BCUT2D eigenvalue weighted by Gasteiger charge is -2.43. The predicted molar refractivity (Wildman–Crippen MR) is 50.9 cm³/mol. The summed E-state index contributed by atoms with van der Waals surface area (Å²) in [7, 11) is 4.14. The Morgan fingerprint density at radius 3 is 2.00 bits per heavy atom. The van der Waals surface area contributed by atoms with Crippen molar-refractivity contribution in [1.82, 2.24) is 0 Å². The fourth-order valence-electron chi connectivity index (χ4n) is 0.518. The highest BCUT2D eigenvalue weighted by Crippen LogP contribution is 2.61. The first kappa shape index (κ1) is 11.0. The topological polar surface area (TPSA) is 37.3 Å². The van der Waals surface area contributed by atoms with Crippen LogP contribution < -0.4 is 0 Å². The van der Waals surface area contributed by atoms with E-state index in [2.05, 4.69) is 0 Å². The Hall–Kier alpha value is -0.0351. The van der Waals surface area contributed by atoms with Crippen molar-refractivity contribution in [3.8, 4) is 0 Å². The van der Waals surface area contributed by atoms with Crippen molar-refractivity contribution in [2.75, 3.05) is 12.8 Å². The van der Waals surface area contributed by atoms with Crippen molar-refractivity contribution >= 4 is 20.7 Å². The number of carbonyl (C=O) groups is 1. The summed E-state index contributed by atoms with van der Waals surface area (Å²) in [6, 6.07) is 0. The average Bonchev–Trinajstić information content (AvgIpc) is 1.56. The molecule has 0 aliphatic heterocycles. The Bertz CT molecular complexity index is 160. The molecule has 1 N–H and O–H groups in total. The van der Waals surface area contributed by atoms with Gasteiger partial charge in [0, 0.05) is 11.8 Å². The molecule has 0 aliphatic carbocycles. The highest BCUT2D eigenvalue weighted by molar-refractivity contribution is 7.98. The van der Waals surface area contributed by atoms with E-state index in [0.717, 1.165) is 0 Å². The van der Waals surface area contributed by atoms with Gasteiger partial charge < -0.3 is 12.7 Å². The van der Waals surface area contributed by atoms with Gasteiger partial charge in [0.1, 0.15) is 6.16 Å². The van der Waals surface area contributed by atoms with E-state index in [0.29, 0.717) is 0 Å². The number of aliphatic carboxylic acids is 1. The third-order valence-corrected chi connectivity index (χ3v) is 5.99. The van der Waals surface area contributed by atoms with Crippen LogP contribution in [0.4, 0.5) is 0 Å². The maximum atomic E-state index is 10.4. The van der Waals surface area contributed by atoms with Gasteiger partial charge in [-0.05, 0) is 20.8 Å². The molecule has 0 aromatic rings. The van der Waals surface area contributed by atoms with Gasteiger partial charge in [0.05, 0.1) is 0 Å². The summed E-state index contributed by atoms with van der Waals surface area (Å²) in [6.45, 7) is 7.85. The predicted octanol–water partition coefficient (Wildman–Crippen LogP) is 1.60. The van der Waals surface area contributed by atoms with Crippen molar-refractivity contribution in [1.29, 1.82) is 0 Å². The van der Waals surface area contributed by atoms with Gasteiger partial charge in [0.15, 0.2) is 0 Å². The third-order valence-electron chi connectivity index (χ3n) is 2.00. The standard InChI is InChI=1S/C7H14BO2P/c1-7(2,3)11(4,8)5-6(9)10/h5H2,1-4H3/q-1/p+1. The van der Waals surface area contributed by atoms with E-state index in [1.165, 1.54) is 0 Å². The molecule has 3 radical (unpaired) electrons. The smallest absolute Gasteiger partial charge is 0.336 e. The van der Waals surface area contributed by atoms with Crippen LogP contribution in [0.3, 0.4) is 0 Å². The molecule has 0 aromatic heterocycles. The van der Waals surface area contributed by atoms with Gasteiger partial charge in [0.25, 0.3) is 0 Å². The highest BCUT2D eigenvalue weighted by Gasteiger charge is 2.30. The first-order valence-corrected chi connectivity index (χ1v) is 6.02. The van der Waals surface area contributed by atoms with Gasteiger partial charge in [-0.3, -0.25) is 0 Å². The lowest BCUT2D eigenvalue weighted by atomic mass is 10.3. The van der Waals surface area contributed by atoms with Crippen LogP contribution in [-0.4, -0.2) is 36.6 Å². The second-order valence-corrected chi connectivity index (χ2v) is 8.18. The number of rotatable bonds is 2. The van der Waals surface area contributed by atoms with Crippen LogP contribution in [0.25, 0.3) is 0 Å². The summed E-state index contributed by atoms with van der Waals surface area (Å²) >= 11 is 0. The lowest BCUT2D eigenvalue weighted by molar-refractivity contribution is -0.134. The molecule has 1 atom stereocenters. The summed E-state index contributed by atoms with van der Waals surface area (Å²) in [5.74, 6) is -0.793. The zero-order valence-corrected chi connectivity index (χ0v) is 8.48. The first-order chi connectivity index (χ1) is 4.67. The van der Waals surface area contributed by atoms with E-state index in [1.807, 2.05) is 27.4 Å². The van der Waals surface area contributed by atoms with Crippen LogP contribution in [0.1, 0.15) is 20.8 Å². The molecule has 0 aliphatic rings. The molecule has 0 amide bonds. The van der Waals surface area contributed by atoms with E-state index >= 15 is 0 Å². The van der Waals surface area contributed by atoms with Gasteiger partial charge in [-0.25, -0.2) is 11.9 Å². The Morgan fingerprint density at radius 1 is 1.55 bits per heavy atom. The van der Waals surface area contributed by atoms with E-state index in [-0.39, 0.29) is 11.3 Å². The molecule has 0 fully saturated rings. The zero-order chi connectivity index (χ0) is 9.28. The van der Waals surface area contributed by atoms with Crippen molar-refractivity contribution in [3.63, 3.8) is 0 Å². The van der Waals surface area contributed by atoms with E-state index in [9.17, 15) is 4.79 Å². The maximum absolute atomic E-state index is 10.4. The van der Waals surface area contributed by atoms with Crippen LogP contribution in [0.2, 0.25) is 0 Å². The lowest BCUT2D eigenvalue weighted by Crippen LogP contribution is -2.25. The second-order valence-electron chi connectivity index (χ2n) is 3.99. The van der Waals surface area contributed by atoms with Crippen LogP contribution in [0, 0.1) is 0 Å². The highest BCUT2D eigenvalue weighted by atomic mass is 31.2. The van der Waals surface area contributed by atoms with Crippen molar-refractivity contribution in [2.45, 2.75) is 25.9 Å². The Labute approximate surface area is 70.1 Å². The Kier molecular flexibility index (Phi) is 3.13. The average molecular weight is 173 g/mol. The molecule has 0 spiro atoms. The summed E-state index contributed by atoms with van der Waals surface area (Å²) in [5.41, 5.74) is 0. The minimum atomic E-state index is -1.78. The summed E-state index contributed by atoms with van der Waals surface area (Å²) in [5, 5.41) is 8.50. The van der Waals surface area contributed by atoms with Crippen LogP contribution in [0.15, 0.2) is 0 Å². The van der Waals surface area contributed by atoms with Crippen molar-refractivity contribution in [2.24, 2.45) is 0 Å². The molecular weight excluding hydrogens is 158 g/mol. The normalized spacial score (nSPS) is 17.5. The third kappa shape index (κ3) is 3.24. The summed E-state index contributed by atoms with van der Waals surface area (Å²) in [6.07, 6.45) is 0.122. The number of carboxylic acid groups (broad SMARTS) is 1. The minimum absolute atomic E-state index is 0.0641. The largest absolute Gasteiger partial charge is 0.479 e. The fourth-order valence-corrected chi connectivity index (χ4v) is 1.55. The van der Waals surface area contributed by atoms with Gasteiger partial charge in [-0.15, -0.1) is 0 Å². The molecule has 0 aromatic carbocycles. The molecule has 63 valence electrons. The van der Waals surface area contributed by atoms with Crippen molar-refractivity contribution in [3.05, 3.63) is 0 Å². The molecule has 0 rings (SSSR count). The molecular formula is C7H15BO2P. The van der Waals surface area contributed by atoms with Gasteiger partial charge in [0.2, 0.25) is 0 Å². The van der Waals surface area contributed by atoms with E-state index in [4.69, 9.17) is 12.7 Å². The number of carboxylic acids is 1. The quantitative estimate of drug-likeness (QED) is 0.508. The second kappa shape index (κ2) is 3.14. The summed E-state index contributed by atoms with van der Waals surface area (Å²) < 4.78 is 0. The monoisotopic (exact) mass is 173 g/mol. The zero-order valence-electron chi connectivity index (χ0n) is 7.59. The maximum Gasteiger partial charge on any atom is 0.336 e. The minimum Gasteiger partial charge on any atom is -0.479 e. The number of hydrogen-bond donors (Lipinski definition) is 1. The molecule has 0 saturated heterocycles. The molecule has 0 saturated carbocycles. The Morgan fingerprint density at radius 2 is 1.91 bits per heavy atom. The van der Waals surface area contributed by atoms with Crippen LogP contribution in [-0.2, 0) is 4.79 Å². The fraction of sp³-hybridized carbons (Fsp3) is 0.857. The Balaban J connectivity index is 4.34. The van der Waals surface area contributed by atoms with E-state index < -0.39 is 13.1 Å². The summed E-state index contributed by atoms with van der Waals surface area (Å²) in [4.78, 5) is 10.4. The van der Waals surface area contributed by atoms with Crippen LogP contribution in [0.5, 0.6) is 0 Å². The SMILES string of the molecule is [B-][P+](C)(CC(=O)O)C(C)(C)C. The molecule has 1 unspecified atom stereocenters. The van der Waals surface area contributed by atoms with Crippen molar-refractivity contribution < 1.29 is 9.90 Å². The van der Waals surface area contributed by atoms with Gasteiger partial charge in [-0.2, -0.15) is 0 Å².